The first-order valence-corrected chi connectivity index (χ1v) is 10.2. The van der Waals surface area contributed by atoms with E-state index in [4.69, 9.17) is 0 Å². The summed E-state index contributed by atoms with van der Waals surface area (Å²) in [7, 11) is -3.40. The topological polar surface area (TPSA) is 90.3 Å². The minimum atomic E-state index is -3.40. The van der Waals surface area contributed by atoms with Gasteiger partial charge in [0.1, 0.15) is 5.41 Å². The Hall–Kier alpha value is -1.13. The lowest BCUT2D eigenvalue weighted by Crippen LogP contribution is -2.54. The fraction of sp³-hybridized carbons (Fsp3) is 0.875. The minimum Gasteiger partial charge on any atom is -0.340 e. The fourth-order valence-electron chi connectivity index (χ4n) is 3.95. The van der Waals surface area contributed by atoms with Gasteiger partial charge in [-0.15, -0.1) is 0 Å². The molecule has 2 saturated carbocycles. The Labute approximate surface area is 138 Å². The lowest BCUT2D eigenvalue weighted by Gasteiger charge is -2.41. The summed E-state index contributed by atoms with van der Waals surface area (Å²) >= 11 is 0. The number of carbonyl (C=O) groups excluding carboxylic acids is 1. The van der Waals surface area contributed by atoms with Crippen LogP contribution in [0, 0.1) is 16.7 Å². The van der Waals surface area contributed by atoms with Crippen molar-refractivity contribution in [3.63, 3.8) is 0 Å². The third-order valence-electron chi connectivity index (χ3n) is 5.62. The largest absolute Gasteiger partial charge is 0.340 e. The molecule has 6 nitrogen and oxygen atoms in total. The first kappa shape index (κ1) is 16.7. The van der Waals surface area contributed by atoms with Crippen LogP contribution in [0.5, 0.6) is 0 Å². The summed E-state index contributed by atoms with van der Waals surface area (Å²) in [5.74, 6) is -0.160. The van der Waals surface area contributed by atoms with Crippen LogP contribution >= 0.6 is 0 Å². The van der Waals surface area contributed by atoms with E-state index in [2.05, 4.69) is 10.8 Å². The molecule has 0 aromatic rings. The van der Waals surface area contributed by atoms with Crippen molar-refractivity contribution in [1.29, 1.82) is 5.26 Å². The summed E-state index contributed by atoms with van der Waals surface area (Å²) in [5.41, 5.74) is -0.884. The maximum absolute atomic E-state index is 12.6. The molecule has 0 aromatic heterocycles. The molecule has 3 aliphatic rings. The van der Waals surface area contributed by atoms with E-state index in [1.807, 2.05) is 0 Å². The van der Waals surface area contributed by atoms with E-state index in [1.165, 1.54) is 0 Å². The van der Waals surface area contributed by atoms with Gasteiger partial charge >= 0.3 is 0 Å². The molecule has 1 saturated heterocycles. The van der Waals surface area contributed by atoms with Crippen molar-refractivity contribution in [3.05, 3.63) is 0 Å². The quantitative estimate of drug-likeness (QED) is 0.841. The number of rotatable bonds is 4. The van der Waals surface area contributed by atoms with Crippen LogP contribution in [0.25, 0.3) is 0 Å². The predicted octanol–water partition coefficient (Wildman–Crippen LogP) is 1.53. The monoisotopic (exact) mass is 339 g/mol. The molecule has 3 fully saturated rings. The summed E-state index contributed by atoms with van der Waals surface area (Å²) in [6, 6.07) is 2.23. The Kier molecular flexibility index (Phi) is 4.65. The molecule has 3 rings (SSSR count). The zero-order valence-electron chi connectivity index (χ0n) is 13.5. The smallest absolute Gasteiger partial charge is 0.243 e. The van der Waals surface area contributed by atoms with Gasteiger partial charge in [-0.2, -0.15) is 5.26 Å². The Morgan fingerprint density at radius 2 is 1.83 bits per heavy atom. The fourth-order valence-corrected chi connectivity index (χ4v) is 5.70. The highest BCUT2D eigenvalue weighted by Crippen LogP contribution is 2.42. The van der Waals surface area contributed by atoms with Crippen molar-refractivity contribution in [2.24, 2.45) is 5.41 Å². The lowest BCUT2D eigenvalue weighted by atomic mass is 9.69. The maximum Gasteiger partial charge on any atom is 0.243 e. The number of hydrogen-bond donors (Lipinski definition) is 1. The number of likely N-dealkylation sites (tertiary alicyclic amines) is 1. The number of hydrogen-bond acceptors (Lipinski definition) is 4. The predicted molar refractivity (Wildman–Crippen MR) is 85.8 cm³/mol. The molecule has 0 aromatic carbocycles. The highest BCUT2D eigenvalue weighted by Gasteiger charge is 2.48. The van der Waals surface area contributed by atoms with Gasteiger partial charge in [0.25, 0.3) is 0 Å². The second-order valence-electron chi connectivity index (χ2n) is 7.21. The minimum absolute atomic E-state index is 0.0585. The van der Waals surface area contributed by atoms with Gasteiger partial charge in [0.05, 0.1) is 11.3 Å². The Bertz CT molecular complexity index is 601. The first-order chi connectivity index (χ1) is 11.0. The van der Waals surface area contributed by atoms with Crippen LogP contribution in [-0.4, -0.2) is 43.6 Å². The number of amides is 1. The molecule has 7 heteroatoms. The Morgan fingerprint density at radius 1 is 1.13 bits per heavy atom. The van der Waals surface area contributed by atoms with E-state index in [9.17, 15) is 18.5 Å². The number of piperidine rings is 1. The van der Waals surface area contributed by atoms with Gasteiger partial charge < -0.3 is 4.90 Å². The van der Waals surface area contributed by atoms with Crippen molar-refractivity contribution >= 4 is 15.9 Å². The third kappa shape index (κ3) is 3.24. The average molecular weight is 339 g/mol. The van der Waals surface area contributed by atoms with E-state index < -0.39 is 20.7 Å². The number of sulfonamides is 1. The molecular formula is C16H25N3O3S. The highest BCUT2D eigenvalue weighted by molar-refractivity contribution is 7.90. The van der Waals surface area contributed by atoms with Crippen molar-refractivity contribution < 1.29 is 13.2 Å². The van der Waals surface area contributed by atoms with Gasteiger partial charge in [0.2, 0.25) is 15.9 Å². The SMILES string of the molecule is N#CC1(C(=O)N2CCCC(S(=O)(=O)NC3CCCC3)C2)CCC1. The third-order valence-corrected chi connectivity index (χ3v) is 7.55. The van der Waals surface area contributed by atoms with Gasteiger partial charge in [-0.1, -0.05) is 12.8 Å². The maximum atomic E-state index is 12.6. The summed E-state index contributed by atoms with van der Waals surface area (Å²) in [6.07, 6.45) is 7.36. The summed E-state index contributed by atoms with van der Waals surface area (Å²) in [4.78, 5) is 14.3. The molecule has 1 atom stereocenters. The Balaban J connectivity index is 1.66. The lowest BCUT2D eigenvalue weighted by molar-refractivity contribution is -0.143. The molecule has 1 N–H and O–H groups in total. The average Bonchev–Trinajstić information content (AvgIpc) is 2.99. The van der Waals surface area contributed by atoms with Gasteiger partial charge in [0, 0.05) is 19.1 Å². The number of carbonyl (C=O) groups is 1. The molecule has 23 heavy (non-hydrogen) atoms. The molecule has 0 spiro atoms. The van der Waals surface area contributed by atoms with E-state index in [-0.39, 0.29) is 18.5 Å². The van der Waals surface area contributed by atoms with Crippen molar-refractivity contribution in [2.45, 2.75) is 69.1 Å². The molecule has 1 unspecified atom stereocenters. The Morgan fingerprint density at radius 3 is 2.39 bits per heavy atom. The zero-order valence-corrected chi connectivity index (χ0v) is 14.3. The zero-order chi connectivity index (χ0) is 16.5. The number of nitrogens with zero attached hydrogens (tertiary/aromatic N) is 2. The molecule has 1 heterocycles. The van der Waals surface area contributed by atoms with Crippen LogP contribution < -0.4 is 4.72 Å². The van der Waals surface area contributed by atoms with Gasteiger partial charge in [-0.05, 0) is 44.9 Å². The van der Waals surface area contributed by atoms with Crippen LogP contribution in [-0.2, 0) is 14.8 Å². The summed E-state index contributed by atoms with van der Waals surface area (Å²) in [6.45, 7) is 0.794. The first-order valence-electron chi connectivity index (χ1n) is 8.69. The summed E-state index contributed by atoms with van der Waals surface area (Å²) in [5, 5.41) is 8.78. The molecule has 2 aliphatic carbocycles. The van der Waals surface area contributed by atoms with Crippen LogP contribution in [0.1, 0.15) is 57.8 Å². The molecular weight excluding hydrogens is 314 g/mol. The van der Waals surface area contributed by atoms with Crippen molar-refractivity contribution in [1.82, 2.24) is 9.62 Å². The van der Waals surface area contributed by atoms with Crippen LogP contribution in [0.4, 0.5) is 0 Å². The van der Waals surface area contributed by atoms with E-state index in [0.29, 0.717) is 32.2 Å². The molecule has 1 aliphatic heterocycles. The van der Waals surface area contributed by atoms with Crippen LogP contribution in [0.2, 0.25) is 0 Å². The second kappa shape index (κ2) is 6.40. The highest BCUT2D eigenvalue weighted by atomic mass is 32.2. The molecule has 1 amide bonds. The standard InChI is InChI=1S/C16H25N3O3S/c17-12-16(8-4-9-16)15(20)19-10-3-7-14(11-19)23(21,22)18-13-5-1-2-6-13/h13-14,18H,1-11H2. The van der Waals surface area contributed by atoms with Crippen LogP contribution in [0.3, 0.4) is 0 Å². The molecule has 128 valence electrons. The van der Waals surface area contributed by atoms with Gasteiger partial charge in [0.15, 0.2) is 0 Å². The van der Waals surface area contributed by atoms with Crippen molar-refractivity contribution in [2.75, 3.05) is 13.1 Å². The van der Waals surface area contributed by atoms with E-state index in [0.717, 1.165) is 32.1 Å². The number of nitriles is 1. The van der Waals surface area contributed by atoms with Crippen molar-refractivity contribution in [3.8, 4) is 6.07 Å². The second-order valence-corrected chi connectivity index (χ2v) is 9.20. The van der Waals surface area contributed by atoms with E-state index >= 15 is 0 Å². The van der Waals surface area contributed by atoms with Gasteiger partial charge in [-0.3, -0.25) is 4.79 Å². The summed E-state index contributed by atoms with van der Waals surface area (Å²) < 4.78 is 28.0. The normalized spacial score (nSPS) is 28.1. The molecule has 0 bridgehead atoms. The molecule has 0 radical (unpaired) electrons. The van der Waals surface area contributed by atoms with Crippen LogP contribution in [0.15, 0.2) is 0 Å². The van der Waals surface area contributed by atoms with E-state index in [1.54, 1.807) is 4.90 Å². The number of nitrogens with one attached hydrogen (secondary N) is 1. The van der Waals surface area contributed by atoms with Gasteiger partial charge in [-0.25, -0.2) is 13.1 Å².